The predicted octanol–water partition coefficient (Wildman–Crippen LogP) is 2.33. The molecule has 1 atom stereocenters. The zero-order valence-electron chi connectivity index (χ0n) is 9.50. The fourth-order valence-corrected chi connectivity index (χ4v) is 2.72. The summed E-state index contributed by atoms with van der Waals surface area (Å²) in [5.74, 6) is -0.121. The summed E-state index contributed by atoms with van der Waals surface area (Å²) in [6.07, 6.45) is 3.56. The van der Waals surface area contributed by atoms with Gasteiger partial charge >= 0.3 is 15.6 Å². The highest BCUT2D eigenvalue weighted by atomic mass is 32.2. The molecule has 2 aliphatic rings. The van der Waals surface area contributed by atoms with Crippen molar-refractivity contribution in [3.63, 3.8) is 0 Å². The van der Waals surface area contributed by atoms with E-state index >= 15 is 0 Å². The van der Waals surface area contributed by atoms with E-state index in [1.807, 2.05) is 0 Å². The summed E-state index contributed by atoms with van der Waals surface area (Å²) in [5, 5.41) is 0. The molecule has 0 bridgehead atoms. The van der Waals surface area contributed by atoms with Crippen LogP contribution in [-0.4, -0.2) is 27.1 Å². The molecule has 8 heteroatoms. The van der Waals surface area contributed by atoms with Crippen LogP contribution in [0.3, 0.4) is 0 Å². The second-order valence-electron chi connectivity index (χ2n) is 4.66. The van der Waals surface area contributed by atoms with Gasteiger partial charge in [-0.2, -0.15) is 21.6 Å². The minimum Gasteiger partial charge on any atom is -0.381 e. The Labute approximate surface area is 103 Å². The Kier molecular flexibility index (Phi) is 3.35. The Morgan fingerprint density at radius 1 is 1.33 bits per heavy atom. The summed E-state index contributed by atoms with van der Waals surface area (Å²) >= 11 is 0. The second kappa shape index (κ2) is 4.41. The molecule has 104 valence electrons. The quantitative estimate of drug-likeness (QED) is 0.577. The van der Waals surface area contributed by atoms with Gasteiger partial charge in [0.15, 0.2) is 0 Å². The number of hydrogen-bond donors (Lipinski definition) is 0. The number of allylic oxidation sites excluding steroid dienone is 2. The van der Waals surface area contributed by atoms with Crippen molar-refractivity contribution in [1.82, 2.24) is 0 Å². The van der Waals surface area contributed by atoms with Gasteiger partial charge in [-0.25, -0.2) is 0 Å². The summed E-state index contributed by atoms with van der Waals surface area (Å²) in [4.78, 5) is 0. The largest absolute Gasteiger partial charge is 0.534 e. The number of alkyl halides is 3. The third kappa shape index (κ3) is 2.64. The summed E-state index contributed by atoms with van der Waals surface area (Å²) in [7, 11) is -5.53. The summed E-state index contributed by atoms with van der Waals surface area (Å²) < 4.78 is 67.4. The van der Waals surface area contributed by atoms with E-state index in [0.29, 0.717) is 26.1 Å². The molecule has 1 aliphatic heterocycles. The third-order valence-electron chi connectivity index (χ3n) is 3.35. The van der Waals surface area contributed by atoms with Gasteiger partial charge in [-0.1, -0.05) is 0 Å². The van der Waals surface area contributed by atoms with E-state index in [2.05, 4.69) is 4.18 Å². The molecule has 0 aromatic heterocycles. The van der Waals surface area contributed by atoms with Crippen molar-refractivity contribution in [2.45, 2.75) is 31.2 Å². The molecule has 0 aromatic carbocycles. The fraction of sp³-hybridized carbons (Fsp3) is 0.800. The van der Waals surface area contributed by atoms with Gasteiger partial charge in [0.05, 0.1) is 6.61 Å². The van der Waals surface area contributed by atoms with Gasteiger partial charge in [-0.15, -0.1) is 0 Å². The number of ether oxygens (including phenoxy) is 1. The molecule has 1 spiro atoms. The van der Waals surface area contributed by atoms with Crippen molar-refractivity contribution in [3.05, 3.63) is 11.8 Å². The Hall–Kier alpha value is -0.760. The minimum absolute atomic E-state index is 0.0468. The highest BCUT2D eigenvalue weighted by molar-refractivity contribution is 7.87. The fourth-order valence-electron chi connectivity index (χ4n) is 2.19. The highest BCUT2D eigenvalue weighted by Crippen LogP contribution is 2.43. The van der Waals surface area contributed by atoms with E-state index in [0.717, 1.165) is 6.42 Å². The molecule has 0 amide bonds. The molecule has 1 aliphatic carbocycles. The normalized spacial score (nSPS) is 29.4. The van der Waals surface area contributed by atoms with Crippen molar-refractivity contribution >= 4 is 10.1 Å². The van der Waals surface area contributed by atoms with Crippen molar-refractivity contribution in [3.8, 4) is 0 Å². The average molecular weight is 286 g/mol. The van der Waals surface area contributed by atoms with E-state index in [-0.39, 0.29) is 17.6 Å². The Morgan fingerprint density at radius 2 is 2.06 bits per heavy atom. The third-order valence-corrected chi connectivity index (χ3v) is 4.35. The lowest BCUT2D eigenvalue weighted by Crippen LogP contribution is -2.28. The van der Waals surface area contributed by atoms with Gasteiger partial charge in [-0.3, -0.25) is 0 Å². The molecule has 0 N–H and O–H groups in total. The zero-order chi connectivity index (χ0) is 13.4. The molecule has 0 aromatic rings. The zero-order valence-corrected chi connectivity index (χ0v) is 10.3. The predicted molar refractivity (Wildman–Crippen MR) is 55.9 cm³/mol. The maximum atomic E-state index is 12.1. The van der Waals surface area contributed by atoms with Gasteiger partial charge in [0.25, 0.3) is 0 Å². The molecular formula is C10H13F3O4S. The molecule has 0 radical (unpaired) electrons. The van der Waals surface area contributed by atoms with Crippen LogP contribution in [0.2, 0.25) is 0 Å². The van der Waals surface area contributed by atoms with Gasteiger partial charge < -0.3 is 8.92 Å². The van der Waals surface area contributed by atoms with Crippen LogP contribution in [0, 0.1) is 5.41 Å². The van der Waals surface area contributed by atoms with Gasteiger partial charge in [-0.05, 0) is 30.8 Å². The molecule has 4 nitrogen and oxygen atoms in total. The lowest BCUT2D eigenvalue weighted by atomic mass is 9.76. The van der Waals surface area contributed by atoms with Crippen LogP contribution in [0.4, 0.5) is 13.2 Å². The Balaban J connectivity index is 2.03. The van der Waals surface area contributed by atoms with Gasteiger partial charge in [0, 0.05) is 13.0 Å². The number of halogens is 3. The van der Waals surface area contributed by atoms with Crippen LogP contribution < -0.4 is 0 Å². The van der Waals surface area contributed by atoms with E-state index in [1.54, 1.807) is 0 Å². The smallest absolute Gasteiger partial charge is 0.381 e. The lowest BCUT2D eigenvalue weighted by Gasteiger charge is -2.30. The molecule has 1 fully saturated rings. The van der Waals surface area contributed by atoms with Crippen molar-refractivity contribution in [1.29, 1.82) is 0 Å². The molecule has 0 saturated carbocycles. The van der Waals surface area contributed by atoms with E-state index in [9.17, 15) is 21.6 Å². The second-order valence-corrected chi connectivity index (χ2v) is 6.20. The first-order valence-electron chi connectivity index (χ1n) is 5.52. The van der Waals surface area contributed by atoms with E-state index in [1.165, 1.54) is 6.08 Å². The Bertz CT molecular complexity index is 446. The first kappa shape index (κ1) is 13.7. The van der Waals surface area contributed by atoms with Crippen molar-refractivity contribution in [2.75, 3.05) is 13.2 Å². The highest BCUT2D eigenvalue weighted by Gasteiger charge is 2.49. The van der Waals surface area contributed by atoms with E-state index < -0.39 is 15.6 Å². The van der Waals surface area contributed by atoms with Crippen molar-refractivity contribution in [2.24, 2.45) is 5.41 Å². The summed E-state index contributed by atoms with van der Waals surface area (Å²) in [6, 6.07) is 0. The van der Waals surface area contributed by atoms with Crippen LogP contribution >= 0.6 is 0 Å². The van der Waals surface area contributed by atoms with Crippen LogP contribution in [0.25, 0.3) is 0 Å². The first-order valence-corrected chi connectivity index (χ1v) is 6.93. The van der Waals surface area contributed by atoms with Crippen LogP contribution in [-0.2, 0) is 19.0 Å². The Morgan fingerprint density at radius 3 is 2.50 bits per heavy atom. The van der Waals surface area contributed by atoms with Crippen LogP contribution in [0.15, 0.2) is 11.8 Å². The standard InChI is InChI=1S/C10H13F3O4S/c11-10(12,13)18(14,15)17-8-1-3-9(4-2-8)5-6-16-7-9/h1H,2-7H2/t9-/m1/s1. The maximum absolute atomic E-state index is 12.1. The molecule has 1 saturated heterocycles. The molecule has 1 heterocycles. The molecule has 2 rings (SSSR count). The van der Waals surface area contributed by atoms with Gasteiger partial charge in [0.2, 0.25) is 0 Å². The number of hydrogen-bond acceptors (Lipinski definition) is 4. The first-order chi connectivity index (χ1) is 8.24. The minimum atomic E-state index is -5.53. The number of rotatable bonds is 2. The lowest BCUT2D eigenvalue weighted by molar-refractivity contribution is -0.0525. The topological polar surface area (TPSA) is 52.6 Å². The van der Waals surface area contributed by atoms with Crippen LogP contribution in [0.1, 0.15) is 25.7 Å². The van der Waals surface area contributed by atoms with Crippen LogP contribution in [0.5, 0.6) is 0 Å². The molecular weight excluding hydrogens is 273 g/mol. The SMILES string of the molecule is O=S(=O)(OC1=CC[C@]2(CCOC2)CC1)C(F)(F)F. The van der Waals surface area contributed by atoms with Gasteiger partial charge in [0.1, 0.15) is 5.76 Å². The summed E-state index contributed by atoms with van der Waals surface area (Å²) in [6.45, 7) is 1.22. The summed E-state index contributed by atoms with van der Waals surface area (Å²) in [5.41, 5.74) is -5.42. The monoisotopic (exact) mass is 286 g/mol. The average Bonchev–Trinajstić information content (AvgIpc) is 2.69. The van der Waals surface area contributed by atoms with Crippen molar-refractivity contribution < 1.29 is 30.5 Å². The molecule has 0 unspecified atom stereocenters. The molecule has 18 heavy (non-hydrogen) atoms. The van der Waals surface area contributed by atoms with E-state index in [4.69, 9.17) is 4.74 Å². The maximum Gasteiger partial charge on any atom is 0.534 e.